The number of hydrogen-bond acceptors (Lipinski definition) is 5. The molecular formula is C21H32N2O5. The number of aliphatic carboxylic acids is 1. The molecule has 0 unspecified atom stereocenters. The molecule has 0 aliphatic carbocycles. The maximum Gasteiger partial charge on any atom is 0.328 e. The SMILES string of the molecule is COC(=O)[C@H](Cc1ccccc1C)NC(=O)[C@H](CC(=O)O)NCCC(C)(C)C. The van der Waals surface area contributed by atoms with Crippen LogP contribution in [-0.4, -0.2) is 48.7 Å². The number of amides is 1. The number of methoxy groups -OCH3 is 1. The number of carboxylic acid groups (broad SMARTS) is 1. The summed E-state index contributed by atoms with van der Waals surface area (Å²) in [6.45, 7) is 8.62. The predicted octanol–water partition coefficient (Wildman–Crippen LogP) is 2.06. The van der Waals surface area contributed by atoms with Crippen LogP contribution in [0.3, 0.4) is 0 Å². The van der Waals surface area contributed by atoms with Gasteiger partial charge in [0, 0.05) is 6.42 Å². The number of aryl methyl sites for hydroxylation is 1. The Morgan fingerprint density at radius 2 is 1.79 bits per heavy atom. The van der Waals surface area contributed by atoms with Crippen LogP contribution in [0.25, 0.3) is 0 Å². The standard InChI is InChI=1S/C21H32N2O5/c1-14-8-6-7-9-15(14)12-17(20(27)28-5)23-19(26)16(13-18(24)25)22-11-10-21(2,3)4/h6-9,16-17,22H,10-13H2,1-5H3,(H,23,26)(H,24,25)/t16-,17-/m0/s1. The van der Waals surface area contributed by atoms with E-state index in [1.54, 1.807) is 0 Å². The van der Waals surface area contributed by atoms with E-state index in [1.165, 1.54) is 7.11 Å². The number of carbonyl (C=O) groups excluding carboxylic acids is 2. The van der Waals surface area contributed by atoms with Crippen LogP contribution in [0.2, 0.25) is 0 Å². The molecule has 156 valence electrons. The van der Waals surface area contributed by atoms with E-state index in [0.29, 0.717) is 6.54 Å². The molecule has 0 fully saturated rings. The van der Waals surface area contributed by atoms with Gasteiger partial charge in [0.05, 0.1) is 19.6 Å². The minimum atomic E-state index is -1.09. The zero-order valence-corrected chi connectivity index (χ0v) is 17.4. The maximum atomic E-state index is 12.7. The highest BCUT2D eigenvalue weighted by atomic mass is 16.5. The maximum absolute atomic E-state index is 12.7. The van der Waals surface area contributed by atoms with E-state index < -0.39 is 29.9 Å². The molecule has 0 saturated carbocycles. The van der Waals surface area contributed by atoms with E-state index in [9.17, 15) is 14.4 Å². The molecule has 7 heteroatoms. The molecule has 0 radical (unpaired) electrons. The van der Waals surface area contributed by atoms with Gasteiger partial charge in [-0.3, -0.25) is 9.59 Å². The summed E-state index contributed by atoms with van der Waals surface area (Å²) in [4.78, 5) is 36.0. The van der Waals surface area contributed by atoms with Crippen molar-refractivity contribution in [3.8, 4) is 0 Å². The number of hydrogen-bond donors (Lipinski definition) is 3. The van der Waals surface area contributed by atoms with Crippen molar-refractivity contribution in [3.05, 3.63) is 35.4 Å². The van der Waals surface area contributed by atoms with Gasteiger partial charge in [-0.15, -0.1) is 0 Å². The lowest BCUT2D eigenvalue weighted by molar-refractivity contribution is -0.145. The van der Waals surface area contributed by atoms with Crippen molar-refractivity contribution in [2.75, 3.05) is 13.7 Å². The average molecular weight is 392 g/mol. The summed E-state index contributed by atoms with van der Waals surface area (Å²) in [5, 5.41) is 14.8. The van der Waals surface area contributed by atoms with Crippen LogP contribution >= 0.6 is 0 Å². The average Bonchev–Trinajstić information content (AvgIpc) is 2.59. The number of rotatable bonds is 10. The second kappa shape index (κ2) is 10.8. The predicted molar refractivity (Wildman–Crippen MR) is 107 cm³/mol. The molecule has 0 aliphatic rings. The zero-order valence-electron chi connectivity index (χ0n) is 17.4. The van der Waals surface area contributed by atoms with Crippen molar-refractivity contribution in [2.45, 2.75) is 59.0 Å². The Morgan fingerprint density at radius 3 is 2.32 bits per heavy atom. The third-order valence-corrected chi connectivity index (χ3v) is 4.45. The van der Waals surface area contributed by atoms with Gasteiger partial charge in [0.15, 0.2) is 0 Å². The molecular weight excluding hydrogens is 360 g/mol. The first-order valence-electron chi connectivity index (χ1n) is 9.41. The van der Waals surface area contributed by atoms with E-state index in [2.05, 4.69) is 31.4 Å². The van der Waals surface area contributed by atoms with Crippen LogP contribution in [0, 0.1) is 12.3 Å². The Bertz CT molecular complexity index is 682. The summed E-state index contributed by atoms with van der Waals surface area (Å²) in [6, 6.07) is 5.75. The van der Waals surface area contributed by atoms with Crippen molar-refractivity contribution in [2.24, 2.45) is 5.41 Å². The molecule has 2 atom stereocenters. The lowest BCUT2D eigenvalue weighted by Gasteiger charge is -2.24. The quantitative estimate of drug-likeness (QED) is 0.527. The van der Waals surface area contributed by atoms with E-state index in [4.69, 9.17) is 9.84 Å². The van der Waals surface area contributed by atoms with Crippen molar-refractivity contribution >= 4 is 17.8 Å². The fraction of sp³-hybridized carbons (Fsp3) is 0.571. The number of ether oxygens (including phenoxy) is 1. The number of esters is 1. The summed E-state index contributed by atoms with van der Waals surface area (Å²) in [7, 11) is 1.26. The monoisotopic (exact) mass is 392 g/mol. The molecule has 0 bridgehead atoms. The Morgan fingerprint density at radius 1 is 1.14 bits per heavy atom. The fourth-order valence-electron chi connectivity index (χ4n) is 2.72. The molecule has 0 aromatic heterocycles. The molecule has 0 heterocycles. The number of benzene rings is 1. The number of nitrogens with one attached hydrogen (secondary N) is 2. The molecule has 1 aromatic carbocycles. The number of carbonyl (C=O) groups is 3. The summed E-state index contributed by atoms with van der Waals surface area (Å²) in [5.41, 5.74) is 1.96. The molecule has 3 N–H and O–H groups in total. The first-order valence-corrected chi connectivity index (χ1v) is 9.41. The van der Waals surface area contributed by atoms with Gasteiger partial charge in [-0.2, -0.15) is 0 Å². The van der Waals surface area contributed by atoms with Crippen LogP contribution < -0.4 is 10.6 Å². The lowest BCUT2D eigenvalue weighted by atomic mass is 9.92. The minimum absolute atomic E-state index is 0.0522. The molecule has 28 heavy (non-hydrogen) atoms. The summed E-state index contributed by atoms with van der Waals surface area (Å²) in [5.74, 6) is -2.18. The van der Waals surface area contributed by atoms with Crippen molar-refractivity contribution in [1.29, 1.82) is 0 Å². The summed E-state index contributed by atoms with van der Waals surface area (Å²) >= 11 is 0. The van der Waals surface area contributed by atoms with Gasteiger partial charge in [-0.1, -0.05) is 45.0 Å². The highest BCUT2D eigenvalue weighted by Crippen LogP contribution is 2.17. The highest BCUT2D eigenvalue weighted by molar-refractivity contribution is 5.90. The van der Waals surface area contributed by atoms with Gasteiger partial charge in [0.1, 0.15) is 6.04 Å². The molecule has 0 saturated heterocycles. The third-order valence-electron chi connectivity index (χ3n) is 4.45. The molecule has 1 rings (SSSR count). The second-order valence-electron chi connectivity index (χ2n) is 8.13. The minimum Gasteiger partial charge on any atom is -0.481 e. The zero-order chi connectivity index (χ0) is 21.3. The van der Waals surface area contributed by atoms with E-state index >= 15 is 0 Å². The van der Waals surface area contributed by atoms with E-state index in [1.807, 2.05) is 31.2 Å². The van der Waals surface area contributed by atoms with E-state index in [0.717, 1.165) is 17.5 Å². The largest absolute Gasteiger partial charge is 0.481 e. The summed E-state index contributed by atoms with van der Waals surface area (Å²) in [6.07, 6.45) is 0.682. The van der Waals surface area contributed by atoms with Gasteiger partial charge in [-0.05, 0) is 36.4 Å². The Labute approximate surface area is 166 Å². The van der Waals surface area contributed by atoms with Crippen molar-refractivity contribution in [3.63, 3.8) is 0 Å². The first-order chi connectivity index (χ1) is 13.0. The van der Waals surface area contributed by atoms with E-state index in [-0.39, 0.29) is 18.3 Å². The molecule has 0 spiro atoms. The lowest BCUT2D eigenvalue weighted by Crippen LogP contribution is -2.52. The number of carboxylic acids is 1. The van der Waals surface area contributed by atoms with Crippen molar-refractivity contribution < 1.29 is 24.2 Å². The molecule has 1 amide bonds. The van der Waals surface area contributed by atoms with Gasteiger partial charge in [-0.25, -0.2) is 4.79 Å². The van der Waals surface area contributed by atoms with Gasteiger partial charge in [0.2, 0.25) is 5.91 Å². The molecule has 0 aliphatic heterocycles. The Hall–Kier alpha value is -2.41. The highest BCUT2D eigenvalue weighted by Gasteiger charge is 2.28. The smallest absolute Gasteiger partial charge is 0.328 e. The first kappa shape index (κ1) is 23.6. The van der Waals surface area contributed by atoms with Crippen molar-refractivity contribution in [1.82, 2.24) is 10.6 Å². The normalized spacial score (nSPS) is 13.5. The second-order valence-corrected chi connectivity index (χ2v) is 8.13. The summed E-state index contributed by atoms with van der Waals surface area (Å²) < 4.78 is 4.82. The Kier molecular flexibility index (Phi) is 9.12. The third kappa shape index (κ3) is 8.52. The van der Waals surface area contributed by atoms with Crippen LogP contribution in [-0.2, 0) is 25.5 Å². The topological polar surface area (TPSA) is 105 Å². The van der Waals surface area contributed by atoms with Gasteiger partial charge >= 0.3 is 11.9 Å². The van der Waals surface area contributed by atoms with Gasteiger partial charge < -0.3 is 20.5 Å². The van der Waals surface area contributed by atoms with Crippen LogP contribution in [0.5, 0.6) is 0 Å². The Balaban J connectivity index is 2.87. The molecule has 7 nitrogen and oxygen atoms in total. The van der Waals surface area contributed by atoms with Crippen LogP contribution in [0.4, 0.5) is 0 Å². The van der Waals surface area contributed by atoms with Crippen LogP contribution in [0.1, 0.15) is 44.7 Å². The van der Waals surface area contributed by atoms with Gasteiger partial charge in [0.25, 0.3) is 0 Å². The van der Waals surface area contributed by atoms with Crippen LogP contribution in [0.15, 0.2) is 24.3 Å². The molecule has 1 aromatic rings. The fourth-order valence-corrected chi connectivity index (χ4v) is 2.72.